The van der Waals surface area contributed by atoms with Crippen LogP contribution in [0.25, 0.3) is 0 Å². The van der Waals surface area contributed by atoms with Crippen LogP contribution in [0.4, 0.5) is 0 Å². The summed E-state index contributed by atoms with van der Waals surface area (Å²) < 4.78 is 23.2. The summed E-state index contributed by atoms with van der Waals surface area (Å²) in [6.45, 7) is 4.52. The molecule has 22 heavy (non-hydrogen) atoms. The van der Waals surface area contributed by atoms with Crippen LogP contribution in [-0.2, 0) is 29.3 Å². The third-order valence-corrected chi connectivity index (χ3v) is 4.68. The van der Waals surface area contributed by atoms with Crippen molar-refractivity contribution in [3.05, 3.63) is 52.8 Å². The highest BCUT2D eigenvalue weighted by molar-refractivity contribution is 7.90. The van der Waals surface area contributed by atoms with Gasteiger partial charge in [0.2, 0.25) is 15.0 Å². The summed E-state index contributed by atoms with van der Waals surface area (Å²) in [5.74, 6) is 0. The Bertz CT molecular complexity index is 803. The van der Waals surface area contributed by atoms with Gasteiger partial charge in [-0.25, -0.2) is 18.4 Å². The zero-order valence-electron chi connectivity index (χ0n) is 12.8. The van der Waals surface area contributed by atoms with Gasteiger partial charge in [0, 0.05) is 32.1 Å². The monoisotopic (exact) mass is 317 g/mol. The van der Waals surface area contributed by atoms with E-state index in [1.165, 1.54) is 11.1 Å². The van der Waals surface area contributed by atoms with Gasteiger partial charge in [-0.2, -0.15) is 0 Å². The van der Waals surface area contributed by atoms with Crippen LogP contribution in [0.3, 0.4) is 0 Å². The van der Waals surface area contributed by atoms with Crippen LogP contribution >= 0.6 is 0 Å². The number of hydrogen-bond donors (Lipinski definition) is 0. The Hall–Kier alpha value is -1.79. The van der Waals surface area contributed by atoms with Gasteiger partial charge in [-0.3, -0.25) is 4.90 Å². The van der Waals surface area contributed by atoms with E-state index in [0.717, 1.165) is 37.0 Å². The summed E-state index contributed by atoms with van der Waals surface area (Å²) >= 11 is 0. The Balaban J connectivity index is 1.81. The molecule has 0 saturated carbocycles. The van der Waals surface area contributed by atoms with E-state index in [1.807, 2.05) is 0 Å². The van der Waals surface area contributed by atoms with Gasteiger partial charge in [0.15, 0.2) is 0 Å². The van der Waals surface area contributed by atoms with Crippen molar-refractivity contribution in [1.82, 2.24) is 14.9 Å². The maximum Gasteiger partial charge on any atom is 0.247 e. The Morgan fingerprint density at radius 3 is 2.86 bits per heavy atom. The summed E-state index contributed by atoms with van der Waals surface area (Å²) in [4.78, 5) is 10.5. The van der Waals surface area contributed by atoms with Crippen LogP contribution in [0.15, 0.2) is 35.6 Å². The van der Waals surface area contributed by atoms with Gasteiger partial charge >= 0.3 is 0 Å². The van der Waals surface area contributed by atoms with Crippen LogP contribution in [0, 0.1) is 6.92 Å². The van der Waals surface area contributed by atoms with Crippen molar-refractivity contribution in [2.75, 3.05) is 12.8 Å². The maximum absolute atomic E-state index is 11.6. The van der Waals surface area contributed by atoms with E-state index < -0.39 is 9.84 Å². The molecule has 0 amide bonds. The first kappa shape index (κ1) is 15.1. The SMILES string of the molecule is Cc1cccc(CN2CCc3cnc(S(C)(=O)=O)nc3C2)c1. The lowest BCUT2D eigenvalue weighted by Crippen LogP contribution is -2.31. The van der Waals surface area contributed by atoms with E-state index in [9.17, 15) is 8.42 Å². The topological polar surface area (TPSA) is 63.2 Å². The Morgan fingerprint density at radius 2 is 2.14 bits per heavy atom. The molecule has 3 rings (SSSR count). The van der Waals surface area contributed by atoms with Gasteiger partial charge in [0.25, 0.3) is 0 Å². The second-order valence-corrected chi connectivity index (χ2v) is 7.76. The normalized spacial score (nSPS) is 15.5. The van der Waals surface area contributed by atoms with Gasteiger partial charge in [-0.1, -0.05) is 29.8 Å². The largest absolute Gasteiger partial charge is 0.293 e. The van der Waals surface area contributed by atoms with Crippen LogP contribution in [-0.4, -0.2) is 36.1 Å². The van der Waals surface area contributed by atoms with Crippen molar-refractivity contribution in [1.29, 1.82) is 0 Å². The van der Waals surface area contributed by atoms with Crippen molar-refractivity contribution in [3.63, 3.8) is 0 Å². The van der Waals surface area contributed by atoms with Crippen molar-refractivity contribution >= 4 is 9.84 Å². The Labute approximate surface area is 130 Å². The smallest absolute Gasteiger partial charge is 0.247 e. The number of rotatable bonds is 3. The molecule has 0 bridgehead atoms. The standard InChI is InChI=1S/C16H19N3O2S/c1-12-4-3-5-13(8-12)10-19-7-6-14-9-17-16(22(2,20)21)18-15(14)11-19/h3-5,8-9H,6-7,10-11H2,1-2H3. The molecule has 6 heteroatoms. The fraction of sp³-hybridized carbons (Fsp3) is 0.375. The number of benzene rings is 1. The number of nitrogens with zero attached hydrogens (tertiary/aromatic N) is 3. The zero-order chi connectivity index (χ0) is 15.7. The summed E-state index contributed by atoms with van der Waals surface area (Å²) in [5.41, 5.74) is 4.39. The third kappa shape index (κ3) is 3.34. The first-order chi connectivity index (χ1) is 10.4. The quantitative estimate of drug-likeness (QED) is 0.807. The molecule has 1 aromatic carbocycles. The molecule has 1 aliphatic rings. The zero-order valence-corrected chi connectivity index (χ0v) is 13.6. The third-order valence-electron chi connectivity index (χ3n) is 3.82. The molecule has 0 fully saturated rings. The van der Waals surface area contributed by atoms with E-state index in [-0.39, 0.29) is 5.16 Å². The fourth-order valence-electron chi connectivity index (χ4n) is 2.72. The van der Waals surface area contributed by atoms with Crippen LogP contribution in [0.1, 0.15) is 22.4 Å². The molecule has 2 aromatic rings. The molecule has 0 radical (unpaired) electrons. The minimum absolute atomic E-state index is 0.0799. The number of aromatic nitrogens is 2. The lowest BCUT2D eigenvalue weighted by molar-refractivity contribution is 0.240. The van der Waals surface area contributed by atoms with E-state index in [2.05, 4.69) is 46.1 Å². The average molecular weight is 317 g/mol. The second kappa shape index (κ2) is 5.78. The number of fused-ring (bicyclic) bond motifs is 1. The Morgan fingerprint density at radius 1 is 1.32 bits per heavy atom. The number of sulfone groups is 1. The molecule has 116 valence electrons. The minimum atomic E-state index is -3.36. The first-order valence-electron chi connectivity index (χ1n) is 7.24. The number of hydrogen-bond acceptors (Lipinski definition) is 5. The van der Waals surface area contributed by atoms with E-state index in [0.29, 0.717) is 6.54 Å². The van der Waals surface area contributed by atoms with E-state index >= 15 is 0 Å². The van der Waals surface area contributed by atoms with Crippen molar-refractivity contribution in [2.45, 2.75) is 31.6 Å². The molecule has 0 saturated heterocycles. The molecule has 0 unspecified atom stereocenters. The predicted molar refractivity (Wildman–Crippen MR) is 84.1 cm³/mol. The van der Waals surface area contributed by atoms with Gasteiger partial charge < -0.3 is 0 Å². The molecular weight excluding hydrogens is 298 g/mol. The Kier molecular flexibility index (Phi) is 3.97. The lowest BCUT2D eigenvalue weighted by Gasteiger charge is -2.28. The fourth-order valence-corrected chi connectivity index (χ4v) is 3.24. The summed E-state index contributed by atoms with van der Waals surface area (Å²) in [6, 6.07) is 8.44. The average Bonchev–Trinajstić information content (AvgIpc) is 2.45. The lowest BCUT2D eigenvalue weighted by atomic mass is 10.1. The molecule has 0 N–H and O–H groups in total. The predicted octanol–water partition coefficient (Wildman–Crippen LogP) is 1.75. The van der Waals surface area contributed by atoms with Gasteiger partial charge in [0.05, 0.1) is 5.69 Å². The molecule has 1 aliphatic heterocycles. The van der Waals surface area contributed by atoms with Gasteiger partial charge in [-0.15, -0.1) is 0 Å². The maximum atomic E-state index is 11.6. The van der Waals surface area contributed by atoms with Crippen molar-refractivity contribution < 1.29 is 8.42 Å². The molecular formula is C16H19N3O2S. The van der Waals surface area contributed by atoms with E-state index in [1.54, 1.807) is 6.20 Å². The van der Waals surface area contributed by atoms with Crippen LogP contribution in [0.2, 0.25) is 0 Å². The van der Waals surface area contributed by atoms with Gasteiger partial charge in [0.1, 0.15) is 0 Å². The first-order valence-corrected chi connectivity index (χ1v) is 9.14. The second-order valence-electron chi connectivity index (χ2n) is 5.85. The molecule has 0 spiro atoms. The van der Waals surface area contributed by atoms with Crippen molar-refractivity contribution in [2.24, 2.45) is 0 Å². The molecule has 1 aromatic heterocycles. The highest BCUT2D eigenvalue weighted by Crippen LogP contribution is 2.19. The molecule has 5 nitrogen and oxygen atoms in total. The van der Waals surface area contributed by atoms with Crippen LogP contribution in [0.5, 0.6) is 0 Å². The molecule has 0 atom stereocenters. The molecule has 2 heterocycles. The van der Waals surface area contributed by atoms with Crippen LogP contribution < -0.4 is 0 Å². The van der Waals surface area contributed by atoms with E-state index in [4.69, 9.17) is 0 Å². The molecule has 0 aliphatic carbocycles. The van der Waals surface area contributed by atoms with Gasteiger partial charge in [-0.05, 0) is 24.5 Å². The van der Waals surface area contributed by atoms with Crippen molar-refractivity contribution in [3.8, 4) is 0 Å². The minimum Gasteiger partial charge on any atom is -0.293 e. The summed E-state index contributed by atoms with van der Waals surface area (Å²) in [5, 5.41) is -0.0799. The number of aryl methyl sites for hydroxylation is 1. The summed E-state index contributed by atoms with van der Waals surface area (Å²) in [6.07, 6.45) is 3.65. The highest BCUT2D eigenvalue weighted by atomic mass is 32.2. The summed E-state index contributed by atoms with van der Waals surface area (Å²) in [7, 11) is -3.36. The highest BCUT2D eigenvalue weighted by Gasteiger charge is 2.21.